The van der Waals surface area contributed by atoms with Crippen LogP contribution in [-0.4, -0.2) is 29.4 Å². The van der Waals surface area contributed by atoms with Gasteiger partial charge in [0.25, 0.3) is 0 Å². The van der Waals surface area contributed by atoms with E-state index in [1.165, 1.54) is 49.9 Å². The van der Waals surface area contributed by atoms with Crippen molar-refractivity contribution >= 4 is 28.5 Å². The molecular formula is C22H24FN3O. The molecule has 0 saturated carbocycles. The van der Waals surface area contributed by atoms with Crippen LogP contribution in [0.2, 0.25) is 0 Å². The summed E-state index contributed by atoms with van der Waals surface area (Å²) in [5, 5.41) is 10.8. The minimum atomic E-state index is -0.341. The van der Waals surface area contributed by atoms with E-state index in [0.717, 1.165) is 24.2 Å². The molecule has 1 aliphatic heterocycles. The molecule has 4 rings (SSSR count). The van der Waals surface area contributed by atoms with Gasteiger partial charge in [0, 0.05) is 30.4 Å². The quantitative estimate of drug-likeness (QED) is 0.599. The van der Waals surface area contributed by atoms with Gasteiger partial charge in [0.2, 0.25) is 0 Å². The molecule has 0 unspecified atom stereocenters. The van der Waals surface area contributed by atoms with Crippen LogP contribution in [0.4, 0.5) is 15.8 Å². The molecule has 0 aliphatic carbocycles. The minimum Gasteiger partial charge on any atom is -0.494 e. The number of aromatic hydroxyl groups is 1. The van der Waals surface area contributed by atoms with E-state index < -0.39 is 0 Å². The van der Waals surface area contributed by atoms with Gasteiger partial charge >= 0.3 is 0 Å². The molecule has 2 N–H and O–H groups in total. The van der Waals surface area contributed by atoms with E-state index in [2.05, 4.69) is 27.0 Å². The van der Waals surface area contributed by atoms with E-state index in [0.29, 0.717) is 11.1 Å². The van der Waals surface area contributed by atoms with Crippen LogP contribution < -0.4 is 4.90 Å². The summed E-state index contributed by atoms with van der Waals surface area (Å²) >= 11 is 0. The van der Waals surface area contributed by atoms with Crippen molar-refractivity contribution in [1.29, 1.82) is 0 Å². The molecule has 0 atom stereocenters. The van der Waals surface area contributed by atoms with Crippen molar-refractivity contribution in [2.45, 2.75) is 32.1 Å². The lowest BCUT2D eigenvalue weighted by molar-refractivity contribution is 0.457. The fraction of sp³-hybridized carbons (Fsp3) is 0.318. The molecule has 0 spiro atoms. The van der Waals surface area contributed by atoms with Crippen LogP contribution in [0.5, 0.6) is 5.88 Å². The van der Waals surface area contributed by atoms with Crippen molar-refractivity contribution in [1.82, 2.24) is 4.98 Å². The van der Waals surface area contributed by atoms with Crippen molar-refractivity contribution in [3.05, 3.63) is 53.8 Å². The maximum atomic E-state index is 13.3. The number of aromatic nitrogens is 1. The Balaban J connectivity index is 1.52. The van der Waals surface area contributed by atoms with Gasteiger partial charge in [-0.3, -0.25) is 4.99 Å². The lowest BCUT2D eigenvalue weighted by Crippen LogP contribution is -2.26. The molecule has 1 aliphatic rings. The van der Waals surface area contributed by atoms with Gasteiger partial charge in [-0.05, 0) is 55.3 Å². The predicted molar refractivity (Wildman–Crippen MR) is 109 cm³/mol. The summed E-state index contributed by atoms with van der Waals surface area (Å²) in [6.45, 7) is 2.23. The number of aliphatic imine (C=N–C) groups is 1. The Morgan fingerprint density at radius 2 is 1.67 bits per heavy atom. The van der Waals surface area contributed by atoms with Crippen molar-refractivity contribution in [3.8, 4) is 5.88 Å². The molecule has 0 amide bonds. The topological polar surface area (TPSA) is 51.6 Å². The van der Waals surface area contributed by atoms with E-state index in [-0.39, 0.29) is 11.7 Å². The van der Waals surface area contributed by atoms with Gasteiger partial charge in [-0.25, -0.2) is 4.39 Å². The molecule has 27 heavy (non-hydrogen) atoms. The van der Waals surface area contributed by atoms with Gasteiger partial charge in [-0.15, -0.1) is 0 Å². The fourth-order valence-corrected chi connectivity index (χ4v) is 3.70. The Bertz CT molecular complexity index is 938. The molecule has 1 aromatic heterocycles. The van der Waals surface area contributed by atoms with Gasteiger partial charge in [0.1, 0.15) is 5.82 Å². The maximum Gasteiger partial charge on any atom is 0.198 e. The van der Waals surface area contributed by atoms with E-state index in [4.69, 9.17) is 0 Å². The molecule has 2 heterocycles. The highest BCUT2D eigenvalue weighted by molar-refractivity contribution is 6.02. The van der Waals surface area contributed by atoms with Crippen LogP contribution in [0.1, 0.15) is 37.7 Å². The normalized spacial score (nSPS) is 16.0. The molecule has 5 heteroatoms. The average Bonchev–Trinajstić information content (AvgIpc) is 2.94. The number of H-pyrrole nitrogens is 1. The SMILES string of the molecule is Oc1[nH]c2cc(F)ccc2c1C=Nc1ccc(N2CCCCCCC2)cc1. The number of hydrogen-bond donors (Lipinski definition) is 2. The number of halogens is 1. The number of aromatic amines is 1. The zero-order valence-corrected chi connectivity index (χ0v) is 15.3. The summed E-state index contributed by atoms with van der Waals surface area (Å²) in [7, 11) is 0. The highest BCUT2D eigenvalue weighted by Crippen LogP contribution is 2.27. The number of rotatable bonds is 3. The number of fused-ring (bicyclic) bond motifs is 1. The number of benzene rings is 2. The van der Waals surface area contributed by atoms with Gasteiger partial charge in [-0.1, -0.05) is 19.3 Å². The molecular weight excluding hydrogens is 341 g/mol. The fourth-order valence-electron chi connectivity index (χ4n) is 3.70. The predicted octanol–water partition coefficient (Wildman–Crippen LogP) is 5.53. The first-order chi connectivity index (χ1) is 13.2. The summed E-state index contributed by atoms with van der Waals surface area (Å²) in [5.74, 6) is -0.344. The molecule has 3 aromatic rings. The monoisotopic (exact) mass is 365 g/mol. The van der Waals surface area contributed by atoms with E-state index >= 15 is 0 Å². The molecule has 0 bridgehead atoms. The third-order valence-corrected chi connectivity index (χ3v) is 5.19. The van der Waals surface area contributed by atoms with Crippen molar-refractivity contribution in [3.63, 3.8) is 0 Å². The third kappa shape index (κ3) is 3.97. The molecule has 0 radical (unpaired) electrons. The van der Waals surface area contributed by atoms with Gasteiger partial charge < -0.3 is 15.0 Å². The lowest BCUT2D eigenvalue weighted by atomic mass is 10.1. The van der Waals surface area contributed by atoms with Gasteiger partial charge in [0.05, 0.1) is 16.8 Å². The largest absolute Gasteiger partial charge is 0.494 e. The Morgan fingerprint density at radius 3 is 2.41 bits per heavy atom. The molecule has 1 fully saturated rings. The average molecular weight is 365 g/mol. The van der Waals surface area contributed by atoms with Gasteiger partial charge in [-0.2, -0.15) is 0 Å². The first-order valence-corrected chi connectivity index (χ1v) is 9.60. The zero-order chi connectivity index (χ0) is 18.6. The second-order valence-corrected chi connectivity index (χ2v) is 7.11. The number of anilines is 1. The van der Waals surface area contributed by atoms with Crippen LogP contribution in [-0.2, 0) is 0 Å². The van der Waals surface area contributed by atoms with Crippen LogP contribution >= 0.6 is 0 Å². The molecule has 1 saturated heterocycles. The van der Waals surface area contributed by atoms with Crippen LogP contribution in [0, 0.1) is 5.82 Å². The molecule has 140 valence electrons. The maximum absolute atomic E-state index is 13.3. The highest BCUT2D eigenvalue weighted by Gasteiger charge is 2.10. The molecule has 2 aromatic carbocycles. The number of nitrogens with one attached hydrogen (secondary N) is 1. The highest BCUT2D eigenvalue weighted by atomic mass is 19.1. The zero-order valence-electron chi connectivity index (χ0n) is 15.3. The standard InChI is InChI=1S/C22H24FN3O/c23-16-6-11-19-20(22(27)25-21(19)14-16)15-24-17-7-9-18(10-8-17)26-12-4-2-1-3-5-13-26/h6-11,14-15,25,27H,1-5,12-13H2. The van der Waals surface area contributed by atoms with Gasteiger partial charge in [0.15, 0.2) is 5.88 Å². The lowest BCUT2D eigenvalue weighted by Gasteiger charge is -2.26. The van der Waals surface area contributed by atoms with Crippen LogP contribution in [0.3, 0.4) is 0 Å². The second-order valence-electron chi connectivity index (χ2n) is 7.11. The summed E-state index contributed by atoms with van der Waals surface area (Å²) in [6, 6.07) is 12.6. The first kappa shape index (κ1) is 17.6. The third-order valence-electron chi connectivity index (χ3n) is 5.19. The van der Waals surface area contributed by atoms with Crippen LogP contribution in [0.25, 0.3) is 10.9 Å². The summed E-state index contributed by atoms with van der Waals surface area (Å²) in [6.07, 6.45) is 8.11. The number of hydrogen-bond acceptors (Lipinski definition) is 3. The van der Waals surface area contributed by atoms with E-state index in [1.807, 2.05) is 12.1 Å². The summed E-state index contributed by atoms with van der Waals surface area (Å²) < 4.78 is 13.3. The van der Waals surface area contributed by atoms with Crippen molar-refractivity contribution in [2.24, 2.45) is 4.99 Å². The van der Waals surface area contributed by atoms with Crippen molar-refractivity contribution in [2.75, 3.05) is 18.0 Å². The summed E-state index contributed by atoms with van der Waals surface area (Å²) in [4.78, 5) is 9.72. The van der Waals surface area contributed by atoms with Crippen molar-refractivity contribution < 1.29 is 9.50 Å². The Hall–Kier alpha value is -2.82. The Morgan fingerprint density at radius 1 is 0.963 bits per heavy atom. The second kappa shape index (κ2) is 7.82. The van der Waals surface area contributed by atoms with E-state index in [9.17, 15) is 9.50 Å². The molecule has 4 nitrogen and oxygen atoms in total. The first-order valence-electron chi connectivity index (χ1n) is 9.60. The Kier molecular flexibility index (Phi) is 5.10. The number of nitrogens with zero attached hydrogens (tertiary/aromatic N) is 2. The minimum absolute atomic E-state index is 0.00315. The Labute approximate surface area is 158 Å². The summed E-state index contributed by atoms with van der Waals surface area (Å²) in [5.41, 5.74) is 3.18. The van der Waals surface area contributed by atoms with Crippen LogP contribution in [0.15, 0.2) is 47.5 Å². The smallest absolute Gasteiger partial charge is 0.198 e. The van der Waals surface area contributed by atoms with E-state index in [1.54, 1.807) is 12.3 Å².